The second-order valence-electron chi connectivity index (χ2n) is 5.35. The van der Waals surface area contributed by atoms with Crippen molar-refractivity contribution < 1.29 is 18.3 Å². The maximum Gasteiger partial charge on any atom is 0.254 e. The summed E-state index contributed by atoms with van der Waals surface area (Å²) in [5, 5.41) is 9.30. The summed E-state index contributed by atoms with van der Waals surface area (Å²) in [7, 11) is -3.54. The number of carbonyl (C=O) groups excluding carboxylic acids is 1. The lowest BCUT2D eigenvalue weighted by molar-refractivity contribution is 0.0707. The number of sulfone groups is 1. The van der Waals surface area contributed by atoms with Gasteiger partial charge in [0, 0.05) is 24.9 Å². The molecule has 7 heteroatoms. The number of hydrogen-bond donors (Lipinski definition) is 1. The molecule has 1 amide bonds. The number of hydrogen-bond acceptors (Lipinski definition) is 4. The van der Waals surface area contributed by atoms with Crippen LogP contribution in [0.3, 0.4) is 0 Å². The predicted octanol–water partition coefficient (Wildman–Crippen LogP) is 2.38. The summed E-state index contributed by atoms with van der Waals surface area (Å²) >= 11 is 5.91. The first-order chi connectivity index (χ1) is 11.3. The van der Waals surface area contributed by atoms with E-state index in [1.807, 2.05) is 30.3 Å². The number of halogens is 1. The molecule has 2 rings (SSSR count). The lowest BCUT2D eigenvalue weighted by Gasteiger charge is -2.22. The van der Waals surface area contributed by atoms with Crippen molar-refractivity contribution in [3.8, 4) is 0 Å². The minimum absolute atomic E-state index is 0.0748. The molecule has 2 aromatic rings. The Morgan fingerprint density at radius 3 is 2.42 bits per heavy atom. The fraction of sp³-hybridized carbons (Fsp3) is 0.235. The molecule has 1 N–H and O–H groups in total. The largest absolute Gasteiger partial charge is 0.395 e. The van der Waals surface area contributed by atoms with Crippen LogP contribution in [0, 0.1) is 0 Å². The van der Waals surface area contributed by atoms with Gasteiger partial charge in [-0.25, -0.2) is 8.42 Å². The van der Waals surface area contributed by atoms with Crippen molar-refractivity contribution in [3.05, 3.63) is 64.7 Å². The van der Waals surface area contributed by atoms with Crippen LogP contribution in [0.15, 0.2) is 53.4 Å². The van der Waals surface area contributed by atoms with E-state index >= 15 is 0 Å². The summed E-state index contributed by atoms with van der Waals surface area (Å²) in [6, 6.07) is 13.5. The summed E-state index contributed by atoms with van der Waals surface area (Å²) in [5.41, 5.74) is 1.13. The van der Waals surface area contributed by atoms with E-state index < -0.39 is 9.84 Å². The molecule has 0 atom stereocenters. The highest BCUT2D eigenvalue weighted by molar-refractivity contribution is 7.90. The van der Waals surface area contributed by atoms with Gasteiger partial charge in [-0.15, -0.1) is 0 Å². The Kier molecular flexibility index (Phi) is 5.99. The number of amides is 1. The zero-order valence-electron chi connectivity index (χ0n) is 13.1. The van der Waals surface area contributed by atoms with Gasteiger partial charge in [0.05, 0.1) is 16.5 Å². The van der Waals surface area contributed by atoms with E-state index in [0.717, 1.165) is 11.8 Å². The normalized spacial score (nSPS) is 11.3. The van der Waals surface area contributed by atoms with Gasteiger partial charge in [0.1, 0.15) is 0 Å². The van der Waals surface area contributed by atoms with E-state index in [-0.39, 0.29) is 34.5 Å². The zero-order chi connectivity index (χ0) is 17.7. The highest BCUT2D eigenvalue weighted by atomic mass is 35.5. The molecule has 0 fully saturated rings. The third-order valence-corrected chi connectivity index (χ3v) is 5.03. The molecule has 0 aliphatic carbocycles. The molecule has 128 valence electrons. The van der Waals surface area contributed by atoms with E-state index in [2.05, 4.69) is 0 Å². The Labute approximate surface area is 146 Å². The zero-order valence-corrected chi connectivity index (χ0v) is 14.7. The Balaban J connectivity index is 2.33. The van der Waals surface area contributed by atoms with E-state index in [1.54, 1.807) is 0 Å². The van der Waals surface area contributed by atoms with E-state index in [9.17, 15) is 18.3 Å². The molecule has 0 aromatic heterocycles. The second-order valence-corrected chi connectivity index (χ2v) is 7.74. The smallest absolute Gasteiger partial charge is 0.254 e. The van der Waals surface area contributed by atoms with Crippen LogP contribution in [0.2, 0.25) is 5.02 Å². The van der Waals surface area contributed by atoms with Crippen molar-refractivity contribution in [1.29, 1.82) is 0 Å². The fourth-order valence-corrected chi connectivity index (χ4v) is 3.58. The lowest BCUT2D eigenvalue weighted by atomic mass is 10.1. The number of nitrogens with zero attached hydrogens (tertiary/aromatic N) is 1. The standard InChI is InChI=1S/C17H18ClNO4S/c1-24(22,23)16-11-14(7-8-15(16)18)17(21)19(9-10-20)12-13-5-3-2-4-6-13/h2-8,11,20H,9-10,12H2,1H3. The molecule has 0 aliphatic heterocycles. The van der Waals surface area contributed by atoms with E-state index in [4.69, 9.17) is 11.6 Å². The Bertz CT molecular complexity index is 822. The van der Waals surface area contributed by atoms with E-state index in [0.29, 0.717) is 6.54 Å². The monoisotopic (exact) mass is 367 g/mol. The molecule has 0 unspecified atom stereocenters. The molecule has 0 saturated heterocycles. The Hall–Kier alpha value is -1.89. The first-order valence-electron chi connectivity index (χ1n) is 7.26. The molecule has 0 heterocycles. The van der Waals surface area contributed by atoms with Gasteiger partial charge in [-0.1, -0.05) is 41.9 Å². The second kappa shape index (κ2) is 7.79. The summed E-state index contributed by atoms with van der Waals surface area (Å²) in [6.45, 7) is 0.271. The SMILES string of the molecule is CS(=O)(=O)c1cc(C(=O)N(CCO)Cc2ccccc2)ccc1Cl. The van der Waals surface area contributed by atoms with Crippen LogP contribution >= 0.6 is 11.6 Å². The van der Waals surface area contributed by atoms with Crippen molar-refractivity contribution in [2.45, 2.75) is 11.4 Å². The number of rotatable bonds is 6. The van der Waals surface area contributed by atoms with Gasteiger partial charge < -0.3 is 10.0 Å². The highest BCUT2D eigenvalue weighted by Gasteiger charge is 2.20. The van der Waals surface area contributed by atoms with Crippen molar-refractivity contribution in [2.75, 3.05) is 19.4 Å². The van der Waals surface area contributed by atoms with Gasteiger partial charge in [-0.05, 0) is 23.8 Å². The fourth-order valence-electron chi connectivity index (χ4n) is 2.28. The molecule has 0 saturated carbocycles. The van der Waals surface area contributed by atoms with Gasteiger partial charge in [-0.3, -0.25) is 4.79 Å². The van der Waals surface area contributed by atoms with Crippen LogP contribution in [0.5, 0.6) is 0 Å². The molecular weight excluding hydrogens is 350 g/mol. The average Bonchev–Trinajstić information content (AvgIpc) is 2.54. The molecule has 5 nitrogen and oxygen atoms in total. The summed E-state index contributed by atoms with van der Waals surface area (Å²) in [6.07, 6.45) is 1.04. The molecule has 0 aliphatic rings. The number of benzene rings is 2. The van der Waals surface area contributed by atoms with Crippen LogP contribution in [0.1, 0.15) is 15.9 Å². The quantitative estimate of drug-likeness (QED) is 0.850. The van der Waals surface area contributed by atoms with Gasteiger partial charge in [0.2, 0.25) is 0 Å². The van der Waals surface area contributed by atoms with Crippen LogP contribution in [-0.4, -0.2) is 43.7 Å². The van der Waals surface area contributed by atoms with Crippen molar-refractivity contribution in [2.24, 2.45) is 0 Å². The molecule has 0 radical (unpaired) electrons. The minimum atomic E-state index is -3.54. The first kappa shape index (κ1) is 18.4. The number of carbonyl (C=O) groups is 1. The van der Waals surface area contributed by atoms with Crippen LogP contribution in [-0.2, 0) is 16.4 Å². The minimum Gasteiger partial charge on any atom is -0.395 e. The van der Waals surface area contributed by atoms with Crippen molar-refractivity contribution in [3.63, 3.8) is 0 Å². The average molecular weight is 368 g/mol. The predicted molar refractivity (Wildman–Crippen MR) is 92.8 cm³/mol. The van der Waals surface area contributed by atoms with Gasteiger partial charge in [0.25, 0.3) is 5.91 Å². The Morgan fingerprint density at radius 1 is 1.17 bits per heavy atom. The molecule has 2 aromatic carbocycles. The number of aliphatic hydroxyl groups excluding tert-OH is 1. The summed E-state index contributed by atoms with van der Waals surface area (Å²) in [5.74, 6) is -0.366. The van der Waals surface area contributed by atoms with Gasteiger partial charge in [0.15, 0.2) is 9.84 Å². The maximum atomic E-state index is 12.7. The molecule has 0 bridgehead atoms. The maximum absolute atomic E-state index is 12.7. The van der Waals surface area contributed by atoms with Crippen LogP contribution in [0.25, 0.3) is 0 Å². The van der Waals surface area contributed by atoms with Crippen molar-refractivity contribution in [1.82, 2.24) is 4.90 Å². The molecule has 24 heavy (non-hydrogen) atoms. The first-order valence-corrected chi connectivity index (χ1v) is 9.53. The van der Waals surface area contributed by atoms with Gasteiger partial charge in [-0.2, -0.15) is 0 Å². The van der Waals surface area contributed by atoms with Crippen LogP contribution in [0.4, 0.5) is 0 Å². The topological polar surface area (TPSA) is 74.7 Å². The molecular formula is C17H18ClNO4S. The summed E-state index contributed by atoms with van der Waals surface area (Å²) < 4.78 is 23.5. The third kappa shape index (κ3) is 4.56. The third-order valence-electron chi connectivity index (χ3n) is 3.45. The Morgan fingerprint density at radius 2 is 1.83 bits per heavy atom. The number of aliphatic hydroxyl groups is 1. The van der Waals surface area contributed by atoms with Crippen LogP contribution < -0.4 is 0 Å². The van der Waals surface area contributed by atoms with Crippen molar-refractivity contribution >= 4 is 27.3 Å². The van der Waals surface area contributed by atoms with Gasteiger partial charge >= 0.3 is 0 Å². The van der Waals surface area contributed by atoms with E-state index in [1.165, 1.54) is 23.1 Å². The molecule has 0 spiro atoms. The lowest BCUT2D eigenvalue weighted by Crippen LogP contribution is -2.33. The summed E-state index contributed by atoms with van der Waals surface area (Å²) in [4.78, 5) is 14.1. The highest BCUT2D eigenvalue weighted by Crippen LogP contribution is 2.23.